The van der Waals surface area contributed by atoms with Crippen molar-refractivity contribution in [3.63, 3.8) is 0 Å². The largest absolute Gasteiger partial charge is 0.478 e. The van der Waals surface area contributed by atoms with Gasteiger partial charge in [-0.1, -0.05) is 6.92 Å². The Morgan fingerprint density at radius 2 is 2.11 bits per heavy atom. The fourth-order valence-corrected chi connectivity index (χ4v) is 2.03. The van der Waals surface area contributed by atoms with Crippen molar-refractivity contribution in [2.24, 2.45) is 0 Å². The van der Waals surface area contributed by atoms with Crippen LogP contribution in [0, 0.1) is 11.6 Å². The summed E-state index contributed by atoms with van der Waals surface area (Å²) in [5.41, 5.74) is -0.503. The highest BCUT2D eigenvalue weighted by atomic mass is 32.2. The Labute approximate surface area is 109 Å². The molecule has 0 atom stereocenters. The lowest BCUT2D eigenvalue weighted by molar-refractivity contribution is 0.0692. The number of thioether (sulfide) groups is 1. The van der Waals surface area contributed by atoms with Crippen LogP contribution in [-0.4, -0.2) is 29.1 Å². The van der Waals surface area contributed by atoms with Crippen molar-refractivity contribution in [3.05, 3.63) is 29.3 Å². The van der Waals surface area contributed by atoms with Crippen molar-refractivity contribution in [3.8, 4) is 0 Å². The van der Waals surface area contributed by atoms with Crippen LogP contribution in [-0.2, 0) is 0 Å². The second kappa shape index (κ2) is 7.20. The van der Waals surface area contributed by atoms with E-state index in [0.717, 1.165) is 24.0 Å². The molecular weight excluding hydrogens is 260 g/mol. The van der Waals surface area contributed by atoms with Crippen molar-refractivity contribution in [1.82, 2.24) is 0 Å². The Balaban J connectivity index is 2.65. The van der Waals surface area contributed by atoms with Gasteiger partial charge < -0.3 is 10.4 Å². The molecule has 0 amide bonds. The molecule has 0 aliphatic rings. The molecule has 0 saturated heterocycles. The maximum atomic E-state index is 13.4. The minimum atomic E-state index is -1.41. The number of anilines is 1. The Morgan fingerprint density at radius 3 is 2.72 bits per heavy atom. The summed E-state index contributed by atoms with van der Waals surface area (Å²) in [6, 6.07) is 1.58. The number of hydrogen-bond acceptors (Lipinski definition) is 3. The summed E-state index contributed by atoms with van der Waals surface area (Å²) < 4.78 is 26.5. The zero-order valence-electron chi connectivity index (χ0n) is 10.0. The first kappa shape index (κ1) is 14.8. The van der Waals surface area contributed by atoms with Crippen LogP contribution in [0.25, 0.3) is 0 Å². The van der Waals surface area contributed by atoms with Gasteiger partial charge in [0.25, 0.3) is 0 Å². The molecule has 0 saturated carbocycles. The van der Waals surface area contributed by atoms with Crippen LogP contribution < -0.4 is 5.32 Å². The third-order valence-electron chi connectivity index (χ3n) is 2.27. The summed E-state index contributed by atoms with van der Waals surface area (Å²) in [6.07, 6.45) is 0.831. The second-order valence-corrected chi connectivity index (χ2v) is 4.99. The number of benzene rings is 1. The van der Waals surface area contributed by atoms with Gasteiger partial charge in [-0.3, -0.25) is 0 Å². The number of halogens is 2. The van der Waals surface area contributed by atoms with Gasteiger partial charge in [-0.25, -0.2) is 13.6 Å². The average Bonchev–Trinajstić information content (AvgIpc) is 2.30. The molecule has 0 unspecified atom stereocenters. The summed E-state index contributed by atoms with van der Waals surface area (Å²) in [6.45, 7) is 2.57. The van der Waals surface area contributed by atoms with E-state index in [1.807, 2.05) is 0 Å². The fraction of sp³-hybridized carbons (Fsp3) is 0.417. The van der Waals surface area contributed by atoms with E-state index in [1.165, 1.54) is 0 Å². The molecule has 2 N–H and O–H groups in total. The van der Waals surface area contributed by atoms with E-state index in [2.05, 4.69) is 12.2 Å². The number of rotatable bonds is 7. The standard InChI is InChI=1S/C12H15F2NO2S/c1-2-18-5-3-4-15-11-6-8(12(16)17)9(13)7-10(11)14/h6-7,15H,2-5H2,1H3,(H,16,17). The van der Waals surface area contributed by atoms with Gasteiger partial charge >= 0.3 is 5.97 Å². The van der Waals surface area contributed by atoms with Crippen LogP contribution in [0.2, 0.25) is 0 Å². The van der Waals surface area contributed by atoms with Crippen LogP contribution in [0.3, 0.4) is 0 Å². The van der Waals surface area contributed by atoms with Crippen molar-refractivity contribution < 1.29 is 18.7 Å². The van der Waals surface area contributed by atoms with Crippen molar-refractivity contribution in [1.29, 1.82) is 0 Å². The molecule has 0 bridgehead atoms. The first-order chi connectivity index (χ1) is 8.56. The molecular formula is C12H15F2NO2S. The monoisotopic (exact) mass is 275 g/mol. The van der Waals surface area contributed by atoms with E-state index in [4.69, 9.17) is 5.11 Å². The topological polar surface area (TPSA) is 49.3 Å². The van der Waals surface area contributed by atoms with Crippen LogP contribution in [0.4, 0.5) is 14.5 Å². The molecule has 0 heterocycles. The number of nitrogens with one attached hydrogen (secondary N) is 1. The second-order valence-electron chi connectivity index (χ2n) is 3.59. The Bertz CT molecular complexity index is 427. The number of carboxylic acids is 1. The third-order valence-corrected chi connectivity index (χ3v) is 3.26. The summed E-state index contributed by atoms with van der Waals surface area (Å²) in [5, 5.41) is 11.5. The van der Waals surface area contributed by atoms with Crippen molar-refractivity contribution in [2.75, 3.05) is 23.4 Å². The minimum absolute atomic E-state index is 0.0234. The molecule has 6 heteroatoms. The lowest BCUT2D eigenvalue weighted by atomic mass is 10.2. The van der Waals surface area contributed by atoms with Gasteiger partial charge in [-0.2, -0.15) is 11.8 Å². The summed E-state index contributed by atoms with van der Waals surface area (Å²) >= 11 is 1.77. The van der Waals surface area contributed by atoms with Gasteiger partial charge in [0, 0.05) is 12.6 Å². The smallest absolute Gasteiger partial charge is 0.338 e. The Morgan fingerprint density at radius 1 is 1.39 bits per heavy atom. The quantitative estimate of drug-likeness (QED) is 0.750. The SMILES string of the molecule is CCSCCCNc1cc(C(=O)O)c(F)cc1F. The summed E-state index contributed by atoms with van der Waals surface area (Å²) in [7, 11) is 0. The molecule has 0 radical (unpaired) electrons. The van der Waals surface area contributed by atoms with Crippen LogP contribution >= 0.6 is 11.8 Å². The van der Waals surface area contributed by atoms with E-state index in [9.17, 15) is 13.6 Å². The molecule has 3 nitrogen and oxygen atoms in total. The van der Waals surface area contributed by atoms with Crippen LogP contribution in [0.5, 0.6) is 0 Å². The maximum absolute atomic E-state index is 13.4. The normalized spacial score (nSPS) is 10.4. The first-order valence-corrected chi connectivity index (χ1v) is 6.75. The number of carboxylic acid groups (broad SMARTS) is 1. The summed E-state index contributed by atoms with van der Waals surface area (Å²) in [4.78, 5) is 10.7. The van der Waals surface area contributed by atoms with E-state index in [-0.39, 0.29) is 5.69 Å². The van der Waals surface area contributed by atoms with Gasteiger partial charge in [-0.05, 0) is 24.0 Å². The van der Waals surface area contributed by atoms with Gasteiger partial charge in [0.05, 0.1) is 11.3 Å². The fourth-order valence-electron chi connectivity index (χ4n) is 1.39. The predicted molar refractivity (Wildman–Crippen MR) is 69.4 cm³/mol. The third kappa shape index (κ3) is 4.18. The molecule has 0 fully saturated rings. The van der Waals surface area contributed by atoms with Crippen LogP contribution in [0.1, 0.15) is 23.7 Å². The highest BCUT2D eigenvalue weighted by molar-refractivity contribution is 7.99. The van der Waals surface area contributed by atoms with Crippen molar-refractivity contribution in [2.45, 2.75) is 13.3 Å². The van der Waals surface area contributed by atoms with Gasteiger partial charge in [-0.15, -0.1) is 0 Å². The minimum Gasteiger partial charge on any atom is -0.478 e. The van der Waals surface area contributed by atoms with Gasteiger partial charge in [0.15, 0.2) is 0 Å². The molecule has 0 aliphatic heterocycles. The highest BCUT2D eigenvalue weighted by Crippen LogP contribution is 2.19. The maximum Gasteiger partial charge on any atom is 0.338 e. The molecule has 0 aromatic heterocycles. The highest BCUT2D eigenvalue weighted by Gasteiger charge is 2.14. The molecule has 0 spiro atoms. The van der Waals surface area contributed by atoms with E-state index < -0.39 is 23.2 Å². The van der Waals surface area contributed by atoms with E-state index >= 15 is 0 Å². The zero-order chi connectivity index (χ0) is 13.5. The van der Waals surface area contributed by atoms with Gasteiger partial charge in [0.2, 0.25) is 0 Å². The zero-order valence-corrected chi connectivity index (χ0v) is 10.8. The Kier molecular flexibility index (Phi) is 5.91. The lowest BCUT2D eigenvalue weighted by Crippen LogP contribution is -2.08. The van der Waals surface area contributed by atoms with Crippen molar-refractivity contribution >= 4 is 23.4 Å². The predicted octanol–water partition coefficient (Wildman–Crippen LogP) is 3.22. The van der Waals surface area contributed by atoms with E-state index in [1.54, 1.807) is 11.8 Å². The lowest BCUT2D eigenvalue weighted by Gasteiger charge is -2.09. The molecule has 1 rings (SSSR count). The number of hydrogen-bond donors (Lipinski definition) is 2. The Hall–Kier alpha value is -1.30. The number of aromatic carboxylic acids is 1. The number of carbonyl (C=O) groups is 1. The molecule has 18 heavy (non-hydrogen) atoms. The first-order valence-electron chi connectivity index (χ1n) is 5.60. The molecule has 1 aromatic rings. The molecule has 1 aromatic carbocycles. The van der Waals surface area contributed by atoms with Gasteiger partial charge in [0.1, 0.15) is 11.6 Å². The van der Waals surface area contributed by atoms with Crippen LogP contribution in [0.15, 0.2) is 12.1 Å². The van der Waals surface area contributed by atoms with E-state index in [0.29, 0.717) is 12.6 Å². The summed E-state index contributed by atoms with van der Waals surface area (Å²) in [5.74, 6) is -1.28. The molecule has 0 aliphatic carbocycles. The molecule has 100 valence electrons. The average molecular weight is 275 g/mol.